The summed E-state index contributed by atoms with van der Waals surface area (Å²) in [7, 11) is -1.60. The molecule has 0 saturated heterocycles. The minimum absolute atomic E-state index is 0.162. The summed E-state index contributed by atoms with van der Waals surface area (Å²) in [5.74, 6) is 0. The molecule has 0 saturated carbocycles. The molecule has 4 nitrogen and oxygen atoms in total. The fourth-order valence-corrected chi connectivity index (χ4v) is 6.90. The maximum Gasteiger partial charge on any atom is 0.149 e. The van der Waals surface area contributed by atoms with Gasteiger partial charge in [-0.25, -0.2) is 0 Å². The fraction of sp³-hybridized carbons (Fsp3) is 0.391. The molecule has 2 rings (SSSR count). The van der Waals surface area contributed by atoms with Crippen LogP contribution in [0.15, 0.2) is 72.8 Å². The Balaban J connectivity index is 2.58. The molecule has 0 spiro atoms. The number of hydrogen-bond donors (Lipinski definition) is 1. The first-order chi connectivity index (χ1) is 13.4. The third kappa shape index (κ3) is 5.21. The Morgan fingerprint density at radius 2 is 1.57 bits per heavy atom. The zero-order valence-electron chi connectivity index (χ0n) is 17.0. The molecule has 28 heavy (non-hydrogen) atoms. The largest absolute Gasteiger partial charge is 0.388 e. The monoisotopic (exact) mass is 402 g/mol. The van der Waals surface area contributed by atoms with E-state index in [0.717, 1.165) is 17.0 Å². The molecule has 3 atom stereocenters. The molecule has 0 radical (unpaired) electrons. The minimum Gasteiger partial charge on any atom is -0.388 e. The van der Waals surface area contributed by atoms with Gasteiger partial charge in [0.1, 0.15) is 13.9 Å². The highest BCUT2D eigenvalue weighted by atomic mass is 31.2. The molecule has 152 valence electrons. The summed E-state index contributed by atoms with van der Waals surface area (Å²) < 4.78 is 25.5. The summed E-state index contributed by atoms with van der Waals surface area (Å²) in [4.78, 5) is 0. The summed E-state index contributed by atoms with van der Waals surface area (Å²) >= 11 is 0. The first-order valence-electron chi connectivity index (χ1n) is 9.60. The summed E-state index contributed by atoms with van der Waals surface area (Å²) in [5, 5.41) is 12.5. The van der Waals surface area contributed by atoms with E-state index in [4.69, 9.17) is 9.47 Å². The zero-order valence-corrected chi connectivity index (χ0v) is 17.8. The van der Waals surface area contributed by atoms with Crippen LogP contribution in [0.2, 0.25) is 0 Å². The van der Waals surface area contributed by atoms with E-state index >= 15 is 0 Å². The Labute approximate surface area is 168 Å². The van der Waals surface area contributed by atoms with Crippen LogP contribution in [0, 0.1) is 0 Å². The number of methoxy groups -OCH3 is 1. The van der Waals surface area contributed by atoms with E-state index in [1.165, 1.54) is 0 Å². The molecule has 0 fully saturated rings. The van der Waals surface area contributed by atoms with Gasteiger partial charge in [-0.1, -0.05) is 79.7 Å². The van der Waals surface area contributed by atoms with E-state index in [1.54, 1.807) is 14.0 Å². The fourth-order valence-electron chi connectivity index (χ4n) is 3.42. The molecule has 0 aliphatic heterocycles. The topological polar surface area (TPSA) is 55.8 Å². The Bertz CT molecular complexity index is 732. The molecule has 2 aromatic rings. The first kappa shape index (κ1) is 22.6. The number of hydrogen-bond acceptors (Lipinski definition) is 4. The first-order valence-corrected chi connectivity index (χ1v) is 11.4. The molecular formula is C23H31O4P. The van der Waals surface area contributed by atoms with E-state index in [1.807, 2.05) is 67.6 Å². The van der Waals surface area contributed by atoms with Crippen molar-refractivity contribution >= 4 is 17.8 Å². The van der Waals surface area contributed by atoms with Crippen LogP contribution < -0.4 is 10.6 Å². The van der Waals surface area contributed by atoms with Crippen molar-refractivity contribution in [2.75, 3.05) is 13.9 Å². The second-order valence-electron chi connectivity index (χ2n) is 7.03. The second-order valence-corrected chi connectivity index (χ2v) is 10.0. The Morgan fingerprint density at radius 3 is 1.96 bits per heavy atom. The number of ether oxygens (including phenoxy) is 2. The summed E-state index contributed by atoms with van der Waals surface area (Å²) in [6, 6.07) is 18.8. The van der Waals surface area contributed by atoms with Gasteiger partial charge in [0.25, 0.3) is 0 Å². The van der Waals surface area contributed by atoms with Crippen molar-refractivity contribution in [2.24, 2.45) is 0 Å². The minimum atomic E-state index is -3.18. The number of aliphatic hydroxyl groups is 1. The van der Waals surface area contributed by atoms with Crippen molar-refractivity contribution in [1.29, 1.82) is 0 Å². The van der Waals surface area contributed by atoms with Crippen LogP contribution >= 0.6 is 7.14 Å². The molecular weight excluding hydrogens is 371 g/mol. The lowest BCUT2D eigenvalue weighted by molar-refractivity contribution is -0.0768. The lowest BCUT2D eigenvalue weighted by Crippen LogP contribution is -2.38. The van der Waals surface area contributed by atoms with Gasteiger partial charge >= 0.3 is 0 Å². The van der Waals surface area contributed by atoms with Crippen LogP contribution in [-0.2, 0) is 14.0 Å². The van der Waals surface area contributed by atoms with Gasteiger partial charge in [-0.15, -0.1) is 0 Å². The third-order valence-corrected chi connectivity index (χ3v) is 8.56. The zero-order chi connectivity index (χ0) is 20.6. The molecule has 1 N–H and O–H groups in total. The Morgan fingerprint density at radius 1 is 1.07 bits per heavy atom. The molecule has 0 bridgehead atoms. The number of benzene rings is 2. The van der Waals surface area contributed by atoms with Crippen molar-refractivity contribution in [3.05, 3.63) is 72.8 Å². The van der Waals surface area contributed by atoms with Gasteiger partial charge in [-0.3, -0.25) is 0 Å². The number of aliphatic hydroxyl groups excluding tert-OH is 1. The molecule has 0 unspecified atom stereocenters. The van der Waals surface area contributed by atoms with Gasteiger partial charge < -0.3 is 19.1 Å². The second kappa shape index (κ2) is 10.7. The van der Waals surface area contributed by atoms with Crippen molar-refractivity contribution in [3.63, 3.8) is 0 Å². The van der Waals surface area contributed by atoms with Crippen LogP contribution in [0.4, 0.5) is 0 Å². The predicted octanol–water partition coefficient (Wildman–Crippen LogP) is 4.10. The normalized spacial score (nSPS) is 15.0. The van der Waals surface area contributed by atoms with Crippen LogP contribution in [-0.4, -0.2) is 36.9 Å². The van der Waals surface area contributed by atoms with Crippen molar-refractivity contribution in [1.82, 2.24) is 0 Å². The van der Waals surface area contributed by atoms with E-state index in [2.05, 4.69) is 6.58 Å². The predicted molar refractivity (Wildman–Crippen MR) is 116 cm³/mol. The number of rotatable bonds is 11. The van der Waals surface area contributed by atoms with Crippen molar-refractivity contribution in [3.8, 4) is 0 Å². The van der Waals surface area contributed by atoms with Crippen LogP contribution in [0.1, 0.15) is 26.7 Å². The summed E-state index contributed by atoms with van der Waals surface area (Å²) in [6.07, 6.45) is 0.0764. The van der Waals surface area contributed by atoms with Gasteiger partial charge in [-0.2, -0.15) is 0 Å². The van der Waals surface area contributed by atoms with Crippen LogP contribution in [0.5, 0.6) is 0 Å². The molecule has 0 aromatic heterocycles. The van der Waals surface area contributed by atoms with Crippen molar-refractivity contribution in [2.45, 2.75) is 44.6 Å². The Hall–Kier alpha value is -1.71. The lowest BCUT2D eigenvalue weighted by Gasteiger charge is -2.34. The quantitative estimate of drug-likeness (QED) is 0.349. The SMILES string of the molecule is C=C(C)[C@@H](O)[C@@H](C[C@@H](CC)OCOC)P(=O)(c1ccccc1)c1ccccc1. The van der Waals surface area contributed by atoms with Crippen molar-refractivity contribution < 1.29 is 19.1 Å². The van der Waals surface area contributed by atoms with Gasteiger partial charge in [0, 0.05) is 17.7 Å². The maximum atomic E-state index is 14.7. The van der Waals surface area contributed by atoms with Gasteiger partial charge in [-0.05, 0) is 19.8 Å². The molecule has 0 amide bonds. The van der Waals surface area contributed by atoms with E-state index < -0.39 is 18.9 Å². The van der Waals surface area contributed by atoms with Gasteiger partial charge in [0.2, 0.25) is 0 Å². The average molecular weight is 402 g/mol. The highest BCUT2D eigenvalue weighted by Crippen LogP contribution is 2.52. The molecule has 0 aliphatic rings. The lowest BCUT2D eigenvalue weighted by atomic mass is 10.0. The molecule has 2 aromatic carbocycles. The third-order valence-electron chi connectivity index (χ3n) is 5.00. The molecule has 0 heterocycles. The average Bonchev–Trinajstić information content (AvgIpc) is 2.74. The van der Waals surface area contributed by atoms with Gasteiger partial charge in [0.15, 0.2) is 0 Å². The highest BCUT2D eigenvalue weighted by molar-refractivity contribution is 7.79. The summed E-state index contributed by atoms with van der Waals surface area (Å²) in [6.45, 7) is 7.88. The molecule has 5 heteroatoms. The standard InChI is InChI=1S/C23H31O4P/c1-5-19(27-17-26-4)16-22(23(24)18(2)3)28(25,20-12-8-6-9-13-20)21-14-10-7-11-15-21/h6-15,19,22-24H,2,5,16-17H2,1,3-4H3/t19-,22-,23-/m1/s1. The van der Waals surface area contributed by atoms with Crippen LogP contribution in [0.3, 0.4) is 0 Å². The maximum absolute atomic E-state index is 14.7. The Kier molecular flexibility index (Phi) is 8.65. The van der Waals surface area contributed by atoms with E-state index in [9.17, 15) is 9.67 Å². The molecule has 0 aliphatic carbocycles. The van der Waals surface area contributed by atoms with E-state index in [0.29, 0.717) is 12.0 Å². The summed E-state index contributed by atoms with van der Waals surface area (Å²) in [5.41, 5.74) is 0.0512. The van der Waals surface area contributed by atoms with E-state index in [-0.39, 0.29) is 12.9 Å². The highest BCUT2D eigenvalue weighted by Gasteiger charge is 2.42. The van der Waals surface area contributed by atoms with Crippen LogP contribution in [0.25, 0.3) is 0 Å². The van der Waals surface area contributed by atoms with Gasteiger partial charge in [0.05, 0.1) is 17.9 Å². The smallest absolute Gasteiger partial charge is 0.149 e.